The summed E-state index contributed by atoms with van der Waals surface area (Å²) in [7, 11) is 0. The Morgan fingerprint density at radius 1 is 1.09 bits per heavy atom. The number of hydrogen-bond acceptors (Lipinski definition) is 6. The van der Waals surface area contributed by atoms with Crippen molar-refractivity contribution < 1.29 is 23.3 Å². The number of nitro benzene ring substituents is 1. The van der Waals surface area contributed by atoms with Crippen LogP contribution in [-0.4, -0.2) is 21.0 Å². The van der Waals surface area contributed by atoms with Crippen molar-refractivity contribution in [3.63, 3.8) is 0 Å². The Morgan fingerprint density at radius 3 is 2.59 bits per heavy atom. The van der Waals surface area contributed by atoms with E-state index < -0.39 is 21.9 Å². The molecule has 0 atom stereocenters. The number of halogens is 3. The second-order valence-corrected chi connectivity index (χ2v) is 8.44. The quantitative estimate of drug-likeness (QED) is 0.228. The minimum absolute atomic E-state index is 0.000427. The fourth-order valence-corrected chi connectivity index (χ4v) is 4.21. The summed E-state index contributed by atoms with van der Waals surface area (Å²) in [5.74, 6) is -0.454. The summed E-state index contributed by atoms with van der Waals surface area (Å²) in [5.41, 5.74) is 0.601. The fraction of sp³-hybridized carbons (Fsp3) is 0.0476. The van der Waals surface area contributed by atoms with Gasteiger partial charge in [0.2, 0.25) is 0 Å². The molecule has 32 heavy (non-hydrogen) atoms. The molecule has 1 aromatic heterocycles. The Bertz CT molecular complexity index is 1310. The van der Waals surface area contributed by atoms with Gasteiger partial charge < -0.3 is 4.42 Å². The van der Waals surface area contributed by atoms with Crippen molar-refractivity contribution >= 4 is 57.9 Å². The van der Waals surface area contributed by atoms with E-state index in [0.29, 0.717) is 16.9 Å². The average molecular weight is 493 g/mol. The molecule has 2 heterocycles. The number of benzene rings is 2. The van der Waals surface area contributed by atoms with Crippen LogP contribution in [0, 0.1) is 15.9 Å². The maximum Gasteiger partial charge on any atom is 0.293 e. The number of nitro groups is 1. The molecule has 162 valence electrons. The van der Waals surface area contributed by atoms with Crippen molar-refractivity contribution in [2.45, 2.75) is 6.54 Å². The van der Waals surface area contributed by atoms with Crippen LogP contribution in [0.3, 0.4) is 0 Å². The summed E-state index contributed by atoms with van der Waals surface area (Å²) in [5, 5.41) is 10.7. The van der Waals surface area contributed by atoms with E-state index in [1.807, 2.05) is 0 Å². The predicted octanol–water partition coefficient (Wildman–Crippen LogP) is 6.54. The number of imide groups is 1. The van der Waals surface area contributed by atoms with E-state index in [-0.39, 0.29) is 32.9 Å². The molecule has 0 bridgehead atoms. The topological polar surface area (TPSA) is 93.7 Å². The maximum atomic E-state index is 13.2. The number of carbonyl (C=O) groups excluding carboxylic acids is 2. The molecule has 0 spiro atoms. The molecule has 2 aromatic carbocycles. The highest BCUT2D eigenvalue weighted by Gasteiger charge is 2.35. The zero-order valence-corrected chi connectivity index (χ0v) is 18.2. The molecule has 1 saturated heterocycles. The van der Waals surface area contributed by atoms with Gasteiger partial charge in [0.05, 0.1) is 16.4 Å². The van der Waals surface area contributed by atoms with Crippen molar-refractivity contribution in [3.05, 3.63) is 90.7 Å². The number of carbonyl (C=O) groups is 2. The minimum Gasteiger partial charge on any atom is -0.457 e. The second kappa shape index (κ2) is 8.78. The first kappa shape index (κ1) is 22.1. The number of rotatable bonds is 5. The van der Waals surface area contributed by atoms with Crippen LogP contribution in [0.5, 0.6) is 0 Å². The van der Waals surface area contributed by atoms with Crippen LogP contribution in [0.15, 0.2) is 57.9 Å². The van der Waals surface area contributed by atoms with Crippen LogP contribution in [0.25, 0.3) is 17.4 Å². The second-order valence-electron chi connectivity index (χ2n) is 6.63. The number of furan rings is 1. The van der Waals surface area contributed by atoms with E-state index in [1.54, 1.807) is 18.2 Å². The van der Waals surface area contributed by atoms with Gasteiger partial charge in [0.15, 0.2) is 0 Å². The fourth-order valence-electron chi connectivity index (χ4n) is 2.98. The van der Waals surface area contributed by atoms with Crippen molar-refractivity contribution in [2.24, 2.45) is 0 Å². The Balaban J connectivity index is 1.56. The monoisotopic (exact) mass is 492 g/mol. The van der Waals surface area contributed by atoms with Crippen LogP contribution in [0.4, 0.5) is 14.9 Å². The standard InChI is InChI=1S/C21H11Cl2FN2O5S/c22-15-5-2-11(7-17(15)26(29)30)18-6-4-14(31-18)9-19-20(27)25(21(28)32-19)10-12-1-3-13(24)8-16(12)23/h1-9H,10H2/b19-9-. The smallest absolute Gasteiger partial charge is 0.293 e. The van der Waals surface area contributed by atoms with E-state index in [4.69, 9.17) is 27.6 Å². The summed E-state index contributed by atoms with van der Waals surface area (Å²) >= 11 is 12.6. The first-order valence-electron chi connectivity index (χ1n) is 8.96. The van der Waals surface area contributed by atoms with Crippen LogP contribution in [-0.2, 0) is 11.3 Å². The molecule has 4 rings (SSSR count). The number of amides is 2. The summed E-state index contributed by atoms with van der Waals surface area (Å²) in [6.45, 7) is -0.0982. The van der Waals surface area contributed by atoms with Gasteiger partial charge in [0.1, 0.15) is 22.4 Å². The van der Waals surface area contributed by atoms with Crippen molar-refractivity contribution in [1.82, 2.24) is 4.90 Å². The highest BCUT2D eigenvalue weighted by Crippen LogP contribution is 2.36. The molecule has 0 N–H and O–H groups in total. The van der Waals surface area contributed by atoms with E-state index in [9.17, 15) is 24.1 Å². The number of thioether (sulfide) groups is 1. The Morgan fingerprint density at radius 2 is 1.88 bits per heavy atom. The lowest BCUT2D eigenvalue weighted by molar-refractivity contribution is -0.384. The highest BCUT2D eigenvalue weighted by molar-refractivity contribution is 8.18. The third-order valence-electron chi connectivity index (χ3n) is 4.54. The molecule has 0 unspecified atom stereocenters. The molecule has 11 heteroatoms. The lowest BCUT2D eigenvalue weighted by Gasteiger charge is -2.13. The van der Waals surface area contributed by atoms with Gasteiger partial charge in [-0.1, -0.05) is 29.3 Å². The molecule has 0 aliphatic carbocycles. The molecule has 7 nitrogen and oxygen atoms in total. The molecule has 0 saturated carbocycles. The Kier molecular flexibility index (Phi) is 6.05. The predicted molar refractivity (Wildman–Crippen MR) is 119 cm³/mol. The third kappa shape index (κ3) is 4.40. The largest absolute Gasteiger partial charge is 0.457 e. The normalized spacial score (nSPS) is 15.1. The first-order valence-corrected chi connectivity index (χ1v) is 10.5. The Hall–Kier alpha value is -3.14. The molecule has 1 aliphatic heterocycles. The van der Waals surface area contributed by atoms with Crippen LogP contribution in [0.1, 0.15) is 11.3 Å². The van der Waals surface area contributed by atoms with E-state index in [1.165, 1.54) is 30.3 Å². The highest BCUT2D eigenvalue weighted by atomic mass is 35.5. The molecular formula is C21H11Cl2FN2O5S. The number of hydrogen-bond donors (Lipinski definition) is 0. The first-order chi connectivity index (χ1) is 15.2. The van der Waals surface area contributed by atoms with Crippen molar-refractivity contribution in [1.29, 1.82) is 0 Å². The molecule has 1 fully saturated rings. The molecule has 0 radical (unpaired) electrons. The van der Waals surface area contributed by atoms with Crippen LogP contribution < -0.4 is 0 Å². The molecule has 3 aromatic rings. The summed E-state index contributed by atoms with van der Waals surface area (Å²) in [6.07, 6.45) is 1.41. The zero-order chi connectivity index (χ0) is 23.0. The SMILES string of the molecule is O=C1S/C(=C\c2ccc(-c3ccc(Cl)c([N+](=O)[O-])c3)o2)C(=O)N1Cc1ccc(F)cc1Cl. The van der Waals surface area contributed by atoms with E-state index in [2.05, 4.69) is 0 Å². The Labute approximate surface area is 194 Å². The van der Waals surface area contributed by atoms with Crippen LogP contribution in [0.2, 0.25) is 10.0 Å². The molecule has 2 amide bonds. The van der Waals surface area contributed by atoms with Gasteiger partial charge in [0, 0.05) is 22.7 Å². The molecular weight excluding hydrogens is 482 g/mol. The maximum absolute atomic E-state index is 13.2. The number of nitrogens with zero attached hydrogens (tertiary/aromatic N) is 2. The van der Waals surface area contributed by atoms with E-state index >= 15 is 0 Å². The van der Waals surface area contributed by atoms with Gasteiger partial charge >= 0.3 is 0 Å². The molecule has 1 aliphatic rings. The van der Waals surface area contributed by atoms with Crippen LogP contribution >= 0.6 is 35.0 Å². The lowest BCUT2D eigenvalue weighted by atomic mass is 10.1. The van der Waals surface area contributed by atoms with Crippen molar-refractivity contribution in [2.75, 3.05) is 0 Å². The average Bonchev–Trinajstić information content (AvgIpc) is 3.30. The third-order valence-corrected chi connectivity index (χ3v) is 6.12. The summed E-state index contributed by atoms with van der Waals surface area (Å²) < 4.78 is 18.9. The van der Waals surface area contributed by atoms with Gasteiger partial charge in [-0.25, -0.2) is 4.39 Å². The summed E-state index contributed by atoms with van der Waals surface area (Å²) in [6, 6.07) is 11.1. The van der Waals surface area contributed by atoms with E-state index in [0.717, 1.165) is 22.7 Å². The van der Waals surface area contributed by atoms with Gasteiger partial charge in [-0.15, -0.1) is 0 Å². The van der Waals surface area contributed by atoms with Gasteiger partial charge in [-0.05, 0) is 53.7 Å². The lowest BCUT2D eigenvalue weighted by Crippen LogP contribution is -2.27. The van der Waals surface area contributed by atoms with Crippen molar-refractivity contribution in [3.8, 4) is 11.3 Å². The van der Waals surface area contributed by atoms with Gasteiger partial charge in [0.25, 0.3) is 16.8 Å². The summed E-state index contributed by atoms with van der Waals surface area (Å²) in [4.78, 5) is 36.7. The van der Waals surface area contributed by atoms with Gasteiger partial charge in [-0.3, -0.25) is 24.6 Å². The minimum atomic E-state index is -0.598. The van der Waals surface area contributed by atoms with Gasteiger partial charge in [-0.2, -0.15) is 0 Å². The zero-order valence-electron chi connectivity index (χ0n) is 15.9.